The predicted octanol–water partition coefficient (Wildman–Crippen LogP) is 5.15. The lowest BCUT2D eigenvalue weighted by Gasteiger charge is -2.13. The van der Waals surface area contributed by atoms with Crippen molar-refractivity contribution in [1.82, 2.24) is 5.43 Å². The molecule has 1 N–H and O–H groups in total. The van der Waals surface area contributed by atoms with Gasteiger partial charge in [-0.25, -0.2) is 10.2 Å². The highest BCUT2D eigenvalue weighted by Crippen LogP contribution is 2.37. The number of aryl methyl sites for hydroxylation is 1. The minimum absolute atomic E-state index is 0.260. The van der Waals surface area contributed by atoms with Crippen molar-refractivity contribution in [3.63, 3.8) is 0 Å². The molecule has 8 heteroatoms. The zero-order valence-electron chi connectivity index (χ0n) is 18.4. The van der Waals surface area contributed by atoms with E-state index in [1.54, 1.807) is 48.5 Å². The Hall–Kier alpha value is -3.65. The van der Waals surface area contributed by atoms with E-state index >= 15 is 0 Å². The van der Waals surface area contributed by atoms with Gasteiger partial charge >= 0.3 is 5.97 Å². The molecule has 7 nitrogen and oxygen atoms in total. The van der Waals surface area contributed by atoms with Crippen LogP contribution in [0, 0.1) is 6.92 Å². The lowest BCUT2D eigenvalue weighted by atomic mass is 10.1. The average molecular weight is 511 g/mol. The molecule has 0 fully saturated rings. The molecule has 0 aliphatic rings. The van der Waals surface area contributed by atoms with Crippen LogP contribution in [0.3, 0.4) is 0 Å². The van der Waals surface area contributed by atoms with Crippen LogP contribution in [-0.2, 0) is 0 Å². The van der Waals surface area contributed by atoms with Gasteiger partial charge in [0.1, 0.15) is 5.75 Å². The zero-order chi connectivity index (χ0) is 23.8. The largest absolute Gasteiger partial charge is 0.496 e. The summed E-state index contributed by atoms with van der Waals surface area (Å²) in [6, 6.07) is 17.3. The number of benzene rings is 3. The highest BCUT2D eigenvalue weighted by Gasteiger charge is 2.17. The highest BCUT2D eigenvalue weighted by molar-refractivity contribution is 9.10. The van der Waals surface area contributed by atoms with Crippen LogP contribution in [-0.4, -0.2) is 31.8 Å². The number of halogens is 1. The van der Waals surface area contributed by atoms with Crippen LogP contribution < -0.4 is 19.6 Å². The lowest BCUT2D eigenvalue weighted by Crippen LogP contribution is -2.18. The van der Waals surface area contributed by atoms with Crippen molar-refractivity contribution in [3.05, 3.63) is 87.4 Å². The summed E-state index contributed by atoms with van der Waals surface area (Å²) in [6.45, 7) is 4.11. The molecule has 3 rings (SSSR count). The molecule has 0 aromatic heterocycles. The number of hydrogen-bond donors (Lipinski definition) is 1. The van der Waals surface area contributed by atoms with Crippen molar-refractivity contribution >= 4 is 34.0 Å². The minimum atomic E-state index is -0.502. The number of ether oxygens (including phenoxy) is 3. The molecule has 3 aromatic rings. The third kappa shape index (κ3) is 6.20. The Balaban J connectivity index is 1.78. The number of rotatable bonds is 8. The molecule has 0 atom stereocenters. The summed E-state index contributed by atoms with van der Waals surface area (Å²) in [6.07, 6.45) is 1.47. The van der Waals surface area contributed by atoms with Gasteiger partial charge in [0.05, 0.1) is 35.5 Å². The van der Waals surface area contributed by atoms with Crippen molar-refractivity contribution in [2.75, 3.05) is 13.7 Å². The first-order valence-corrected chi connectivity index (χ1v) is 10.9. The van der Waals surface area contributed by atoms with Gasteiger partial charge in [-0.05, 0) is 77.3 Å². The molecule has 33 heavy (non-hydrogen) atoms. The summed E-state index contributed by atoms with van der Waals surface area (Å²) in [5.41, 5.74) is 4.89. The molecule has 0 saturated heterocycles. The number of amides is 1. The molecule has 0 bridgehead atoms. The predicted molar refractivity (Wildman–Crippen MR) is 130 cm³/mol. The fourth-order valence-electron chi connectivity index (χ4n) is 2.96. The van der Waals surface area contributed by atoms with E-state index in [9.17, 15) is 9.59 Å². The van der Waals surface area contributed by atoms with Gasteiger partial charge in [0.25, 0.3) is 5.91 Å². The van der Waals surface area contributed by atoms with Crippen molar-refractivity contribution in [2.24, 2.45) is 5.10 Å². The number of nitrogens with zero attached hydrogens (tertiary/aromatic N) is 1. The number of esters is 1. The van der Waals surface area contributed by atoms with Crippen LogP contribution in [0.5, 0.6) is 17.2 Å². The van der Waals surface area contributed by atoms with Crippen LogP contribution >= 0.6 is 15.9 Å². The van der Waals surface area contributed by atoms with Gasteiger partial charge in [-0.15, -0.1) is 0 Å². The van der Waals surface area contributed by atoms with Crippen LogP contribution in [0.1, 0.15) is 38.8 Å². The summed E-state index contributed by atoms with van der Waals surface area (Å²) in [7, 11) is 1.51. The summed E-state index contributed by atoms with van der Waals surface area (Å²) >= 11 is 3.43. The number of nitrogens with one attached hydrogen (secondary N) is 1. The van der Waals surface area contributed by atoms with Gasteiger partial charge in [-0.2, -0.15) is 5.10 Å². The molecule has 0 heterocycles. The molecule has 0 saturated carbocycles. The van der Waals surface area contributed by atoms with Crippen molar-refractivity contribution in [1.29, 1.82) is 0 Å². The molecular weight excluding hydrogens is 488 g/mol. The van der Waals surface area contributed by atoms with E-state index in [4.69, 9.17) is 14.2 Å². The van der Waals surface area contributed by atoms with E-state index in [1.807, 2.05) is 26.0 Å². The fourth-order valence-corrected chi connectivity index (χ4v) is 3.50. The molecular formula is C25H23BrN2O5. The third-order valence-corrected chi connectivity index (χ3v) is 5.11. The van der Waals surface area contributed by atoms with E-state index in [0.29, 0.717) is 39.3 Å². The Morgan fingerprint density at radius 1 is 1.06 bits per heavy atom. The Bertz CT molecular complexity index is 1180. The second-order valence-corrected chi connectivity index (χ2v) is 7.78. The maximum atomic E-state index is 12.5. The van der Waals surface area contributed by atoms with Gasteiger partial charge in [-0.3, -0.25) is 4.79 Å². The quantitative estimate of drug-likeness (QED) is 0.196. The van der Waals surface area contributed by atoms with Crippen LogP contribution in [0.15, 0.2) is 70.2 Å². The second kappa shape index (κ2) is 11.3. The Morgan fingerprint density at radius 3 is 2.52 bits per heavy atom. The molecule has 3 aromatic carbocycles. The lowest BCUT2D eigenvalue weighted by molar-refractivity contribution is 0.0726. The summed E-state index contributed by atoms with van der Waals surface area (Å²) in [4.78, 5) is 25.0. The average Bonchev–Trinajstić information content (AvgIpc) is 2.81. The highest BCUT2D eigenvalue weighted by atomic mass is 79.9. The second-order valence-electron chi connectivity index (χ2n) is 6.92. The maximum absolute atomic E-state index is 12.5. The third-order valence-electron chi connectivity index (χ3n) is 4.52. The number of methoxy groups -OCH3 is 1. The van der Waals surface area contributed by atoms with Gasteiger partial charge < -0.3 is 14.2 Å². The molecule has 170 valence electrons. The van der Waals surface area contributed by atoms with Crippen molar-refractivity contribution in [2.45, 2.75) is 13.8 Å². The summed E-state index contributed by atoms with van der Waals surface area (Å²) < 4.78 is 17.0. The van der Waals surface area contributed by atoms with Gasteiger partial charge in [-0.1, -0.05) is 24.3 Å². The smallest absolute Gasteiger partial charge is 0.343 e. The van der Waals surface area contributed by atoms with Crippen molar-refractivity contribution in [3.8, 4) is 17.2 Å². The maximum Gasteiger partial charge on any atom is 0.343 e. The molecule has 0 unspecified atom stereocenters. The standard InChI is InChI=1S/C25H23BrN2O5/c1-4-32-22-14-17(13-20(26)23(22)33-25(30)18-8-6-5-7-9-18)15-27-28-24(29)19-11-10-16(2)12-21(19)31-3/h5-15H,4H2,1-3H3,(H,28,29)/b27-15-. The molecule has 0 spiro atoms. The van der Waals surface area contributed by atoms with E-state index < -0.39 is 11.9 Å². The molecule has 0 radical (unpaired) electrons. The van der Waals surface area contributed by atoms with E-state index in [-0.39, 0.29) is 5.75 Å². The topological polar surface area (TPSA) is 86.2 Å². The first-order valence-electron chi connectivity index (χ1n) is 10.1. The van der Waals surface area contributed by atoms with Gasteiger partial charge in [0.15, 0.2) is 11.5 Å². The molecule has 0 aliphatic carbocycles. The zero-order valence-corrected chi connectivity index (χ0v) is 20.0. The molecule has 1 amide bonds. The van der Waals surface area contributed by atoms with Crippen LogP contribution in [0.4, 0.5) is 0 Å². The number of carbonyl (C=O) groups excluding carboxylic acids is 2. The normalized spacial score (nSPS) is 10.7. The summed E-state index contributed by atoms with van der Waals surface area (Å²) in [5.74, 6) is 0.188. The number of hydrazone groups is 1. The van der Waals surface area contributed by atoms with E-state index in [2.05, 4.69) is 26.5 Å². The van der Waals surface area contributed by atoms with Crippen LogP contribution in [0.2, 0.25) is 0 Å². The van der Waals surface area contributed by atoms with Gasteiger partial charge in [0.2, 0.25) is 0 Å². The SMILES string of the molecule is CCOc1cc(/C=N\NC(=O)c2ccc(C)cc2OC)cc(Br)c1OC(=O)c1ccccc1. The fraction of sp³-hybridized carbons (Fsp3) is 0.160. The Kier molecular flexibility index (Phi) is 8.21. The van der Waals surface area contributed by atoms with Crippen LogP contribution in [0.25, 0.3) is 0 Å². The summed E-state index contributed by atoms with van der Waals surface area (Å²) in [5, 5.41) is 4.03. The van der Waals surface area contributed by atoms with E-state index in [1.165, 1.54) is 13.3 Å². The van der Waals surface area contributed by atoms with Crippen molar-refractivity contribution < 1.29 is 23.8 Å². The number of carbonyl (C=O) groups is 2. The minimum Gasteiger partial charge on any atom is -0.496 e. The number of hydrogen-bond acceptors (Lipinski definition) is 6. The monoisotopic (exact) mass is 510 g/mol. The molecule has 0 aliphatic heterocycles. The Labute approximate surface area is 200 Å². The first-order chi connectivity index (χ1) is 15.9. The van der Waals surface area contributed by atoms with E-state index in [0.717, 1.165) is 5.56 Å². The first kappa shape index (κ1) is 24.0. The Morgan fingerprint density at radius 2 is 1.82 bits per heavy atom. The van der Waals surface area contributed by atoms with Gasteiger partial charge in [0, 0.05) is 0 Å².